The standard InChI is InChI=1S/C14H17BrINO/c15-9-11-4-1-2-7-13(11)17-14(18)10-5-3-6-12(16)8-10/h3,5-6,8,11,13H,1-2,4,7,9H2,(H,17,18). The third-order valence-corrected chi connectivity index (χ3v) is 5.01. The first-order valence-corrected chi connectivity index (χ1v) is 8.53. The molecule has 1 N–H and O–H groups in total. The van der Waals surface area contributed by atoms with E-state index in [1.807, 2.05) is 24.3 Å². The molecule has 0 bridgehead atoms. The number of nitrogens with one attached hydrogen (secondary N) is 1. The van der Waals surface area contributed by atoms with Crippen molar-refractivity contribution in [1.29, 1.82) is 0 Å². The molecule has 0 heterocycles. The zero-order valence-corrected chi connectivity index (χ0v) is 13.9. The van der Waals surface area contributed by atoms with Crippen LogP contribution in [0.5, 0.6) is 0 Å². The van der Waals surface area contributed by atoms with Gasteiger partial charge in [-0.15, -0.1) is 0 Å². The molecule has 1 saturated carbocycles. The Labute approximate surface area is 130 Å². The maximum Gasteiger partial charge on any atom is 0.251 e. The second-order valence-electron chi connectivity index (χ2n) is 4.79. The van der Waals surface area contributed by atoms with Gasteiger partial charge in [0.1, 0.15) is 0 Å². The third kappa shape index (κ3) is 3.70. The SMILES string of the molecule is O=C(NC1CCCCC1CBr)c1cccc(I)c1. The van der Waals surface area contributed by atoms with E-state index in [9.17, 15) is 4.79 Å². The molecule has 0 aliphatic heterocycles. The Morgan fingerprint density at radius 2 is 2.17 bits per heavy atom. The second-order valence-corrected chi connectivity index (χ2v) is 6.68. The van der Waals surface area contributed by atoms with Gasteiger partial charge < -0.3 is 5.32 Å². The molecule has 1 fully saturated rings. The summed E-state index contributed by atoms with van der Waals surface area (Å²) in [7, 11) is 0. The number of benzene rings is 1. The highest BCUT2D eigenvalue weighted by molar-refractivity contribution is 14.1. The lowest BCUT2D eigenvalue weighted by Gasteiger charge is -2.31. The highest BCUT2D eigenvalue weighted by atomic mass is 127. The molecule has 1 aliphatic carbocycles. The molecule has 4 heteroatoms. The number of hydrogen-bond donors (Lipinski definition) is 1. The van der Waals surface area contributed by atoms with Crippen LogP contribution in [-0.2, 0) is 0 Å². The minimum absolute atomic E-state index is 0.0614. The van der Waals surface area contributed by atoms with Crippen molar-refractivity contribution in [2.45, 2.75) is 31.7 Å². The lowest BCUT2D eigenvalue weighted by Crippen LogP contribution is -2.42. The van der Waals surface area contributed by atoms with Gasteiger partial charge in [0.25, 0.3) is 5.91 Å². The highest BCUT2D eigenvalue weighted by Crippen LogP contribution is 2.26. The maximum absolute atomic E-state index is 12.2. The van der Waals surface area contributed by atoms with Crippen LogP contribution < -0.4 is 5.32 Å². The third-order valence-electron chi connectivity index (χ3n) is 3.51. The summed E-state index contributed by atoms with van der Waals surface area (Å²) < 4.78 is 1.10. The van der Waals surface area contributed by atoms with E-state index >= 15 is 0 Å². The summed E-state index contributed by atoms with van der Waals surface area (Å²) in [6.45, 7) is 0. The van der Waals surface area contributed by atoms with Gasteiger partial charge in [-0.2, -0.15) is 0 Å². The van der Waals surface area contributed by atoms with Crippen LogP contribution in [0.2, 0.25) is 0 Å². The zero-order valence-electron chi connectivity index (χ0n) is 10.2. The molecule has 1 amide bonds. The molecule has 2 rings (SSSR count). The van der Waals surface area contributed by atoms with Gasteiger partial charge in [0, 0.05) is 20.5 Å². The topological polar surface area (TPSA) is 29.1 Å². The maximum atomic E-state index is 12.2. The number of amides is 1. The minimum Gasteiger partial charge on any atom is -0.349 e. The minimum atomic E-state index is 0.0614. The van der Waals surface area contributed by atoms with E-state index in [1.165, 1.54) is 19.3 Å². The van der Waals surface area contributed by atoms with Crippen molar-refractivity contribution in [3.8, 4) is 0 Å². The lowest BCUT2D eigenvalue weighted by atomic mass is 9.86. The zero-order chi connectivity index (χ0) is 13.0. The molecule has 2 nitrogen and oxygen atoms in total. The summed E-state index contributed by atoms with van der Waals surface area (Å²) >= 11 is 5.79. The normalized spacial score (nSPS) is 23.7. The smallest absolute Gasteiger partial charge is 0.251 e. The largest absolute Gasteiger partial charge is 0.349 e. The van der Waals surface area contributed by atoms with E-state index in [-0.39, 0.29) is 5.91 Å². The van der Waals surface area contributed by atoms with E-state index in [2.05, 4.69) is 43.8 Å². The van der Waals surface area contributed by atoms with Crippen molar-refractivity contribution >= 4 is 44.4 Å². The van der Waals surface area contributed by atoms with Gasteiger partial charge in [-0.25, -0.2) is 0 Å². The number of rotatable bonds is 3. The fourth-order valence-electron chi connectivity index (χ4n) is 2.46. The van der Waals surface area contributed by atoms with Crippen molar-refractivity contribution in [3.63, 3.8) is 0 Å². The van der Waals surface area contributed by atoms with Crippen LogP contribution in [0.25, 0.3) is 0 Å². The molecule has 2 unspecified atom stereocenters. The average molecular weight is 422 g/mol. The molecule has 1 aromatic rings. The Kier molecular flexibility index (Phi) is 5.48. The molecule has 0 saturated heterocycles. The summed E-state index contributed by atoms with van der Waals surface area (Å²) in [6.07, 6.45) is 4.82. The molecular formula is C14H17BrINO. The molecule has 1 aromatic carbocycles. The van der Waals surface area contributed by atoms with Gasteiger partial charge in [0.2, 0.25) is 0 Å². The van der Waals surface area contributed by atoms with Crippen LogP contribution in [0.3, 0.4) is 0 Å². The predicted octanol–water partition coefficient (Wildman–Crippen LogP) is 3.97. The Morgan fingerprint density at radius 1 is 1.39 bits per heavy atom. The molecule has 0 aromatic heterocycles. The first kappa shape index (κ1) is 14.3. The summed E-state index contributed by atoms with van der Waals surface area (Å²) in [5, 5.41) is 4.17. The van der Waals surface area contributed by atoms with Crippen LogP contribution in [0, 0.1) is 9.49 Å². The van der Waals surface area contributed by atoms with E-state index in [4.69, 9.17) is 0 Å². The van der Waals surface area contributed by atoms with Crippen LogP contribution >= 0.6 is 38.5 Å². The second kappa shape index (κ2) is 6.89. The highest BCUT2D eigenvalue weighted by Gasteiger charge is 2.25. The summed E-state index contributed by atoms with van der Waals surface area (Å²) in [4.78, 5) is 12.2. The van der Waals surface area contributed by atoms with E-state index in [1.54, 1.807) is 0 Å². The molecule has 2 atom stereocenters. The summed E-state index contributed by atoms with van der Waals surface area (Å²) in [5.74, 6) is 0.636. The van der Waals surface area contributed by atoms with Crippen LogP contribution in [0.1, 0.15) is 36.0 Å². The van der Waals surface area contributed by atoms with Crippen LogP contribution in [-0.4, -0.2) is 17.3 Å². The molecule has 0 radical (unpaired) electrons. The monoisotopic (exact) mass is 421 g/mol. The van der Waals surface area contributed by atoms with Crippen molar-refractivity contribution in [3.05, 3.63) is 33.4 Å². The molecule has 0 spiro atoms. The fourth-order valence-corrected chi connectivity index (χ4v) is 3.78. The van der Waals surface area contributed by atoms with Gasteiger partial charge in [0.05, 0.1) is 0 Å². The fraction of sp³-hybridized carbons (Fsp3) is 0.500. The summed E-state index contributed by atoms with van der Waals surface area (Å²) in [6, 6.07) is 8.06. The predicted molar refractivity (Wildman–Crippen MR) is 86.2 cm³/mol. The molecule has 18 heavy (non-hydrogen) atoms. The average Bonchev–Trinajstić information content (AvgIpc) is 2.39. The van der Waals surface area contributed by atoms with Crippen molar-refractivity contribution in [2.24, 2.45) is 5.92 Å². The van der Waals surface area contributed by atoms with Crippen molar-refractivity contribution in [2.75, 3.05) is 5.33 Å². The number of carbonyl (C=O) groups is 1. The number of hydrogen-bond acceptors (Lipinski definition) is 1. The Morgan fingerprint density at radius 3 is 2.89 bits per heavy atom. The molecular weight excluding hydrogens is 405 g/mol. The van der Waals surface area contributed by atoms with Crippen molar-refractivity contribution in [1.82, 2.24) is 5.32 Å². The Bertz CT molecular complexity index is 424. The van der Waals surface area contributed by atoms with Gasteiger partial charge in [-0.3, -0.25) is 4.79 Å². The lowest BCUT2D eigenvalue weighted by molar-refractivity contribution is 0.0911. The summed E-state index contributed by atoms with van der Waals surface area (Å²) in [5.41, 5.74) is 0.765. The first-order valence-electron chi connectivity index (χ1n) is 6.33. The van der Waals surface area contributed by atoms with Gasteiger partial charge >= 0.3 is 0 Å². The van der Waals surface area contributed by atoms with E-state index < -0.39 is 0 Å². The van der Waals surface area contributed by atoms with Gasteiger partial charge in [-0.05, 0) is 59.5 Å². The van der Waals surface area contributed by atoms with Gasteiger partial charge in [0.15, 0.2) is 0 Å². The first-order chi connectivity index (χ1) is 8.70. The number of halogens is 2. The van der Waals surface area contributed by atoms with Crippen molar-refractivity contribution < 1.29 is 4.79 Å². The van der Waals surface area contributed by atoms with Crippen LogP contribution in [0.4, 0.5) is 0 Å². The van der Waals surface area contributed by atoms with Crippen LogP contribution in [0.15, 0.2) is 24.3 Å². The molecule has 98 valence electrons. The van der Waals surface area contributed by atoms with Gasteiger partial charge in [-0.1, -0.05) is 34.8 Å². The quantitative estimate of drug-likeness (QED) is 0.580. The number of alkyl halides is 1. The Balaban J connectivity index is 2.02. The number of carbonyl (C=O) groups excluding carboxylic acids is 1. The van der Waals surface area contributed by atoms with E-state index in [0.717, 1.165) is 20.9 Å². The molecule has 1 aliphatic rings. The van der Waals surface area contributed by atoms with E-state index in [0.29, 0.717) is 12.0 Å². The Hall–Kier alpha value is -0.100.